The van der Waals surface area contributed by atoms with Crippen LogP contribution in [-0.4, -0.2) is 44.2 Å². The van der Waals surface area contributed by atoms with Crippen molar-refractivity contribution < 1.29 is 19.1 Å². The maximum Gasteiger partial charge on any atom is 0.426 e. The van der Waals surface area contributed by atoms with E-state index in [1.165, 1.54) is 20.8 Å². The Bertz CT molecular complexity index is 1390. The average Bonchev–Trinajstić information content (AvgIpc) is 2.95. The van der Waals surface area contributed by atoms with Crippen LogP contribution in [0.1, 0.15) is 96.9 Å². The third kappa shape index (κ3) is 7.94. The first kappa shape index (κ1) is 32.7. The Hall–Kier alpha value is -3.78. The zero-order valence-corrected chi connectivity index (χ0v) is 27.0. The molecule has 3 rings (SSSR count). The summed E-state index contributed by atoms with van der Waals surface area (Å²) in [5.74, 6) is -0.126. The van der Waals surface area contributed by atoms with Crippen LogP contribution in [0, 0.1) is 13.8 Å². The number of amides is 3. The average molecular weight is 590 g/mol. The predicted octanol–water partition coefficient (Wildman–Crippen LogP) is 8.37. The van der Waals surface area contributed by atoms with E-state index >= 15 is 0 Å². The minimum Gasteiger partial charge on any atom is -0.409 e. The van der Waals surface area contributed by atoms with Gasteiger partial charge in [-0.3, -0.25) is 9.59 Å². The molecular formula is C34H43N3O4S. The van der Waals surface area contributed by atoms with Crippen molar-refractivity contribution in [1.29, 1.82) is 0 Å². The molecule has 0 saturated carbocycles. The summed E-state index contributed by atoms with van der Waals surface area (Å²) in [6.07, 6.45) is 1.06. The van der Waals surface area contributed by atoms with E-state index in [0.29, 0.717) is 16.9 Å². The molecule has 0 aliphatic carbocycles. The van der Waals surface area contributed by atoms with Crippen LogP contribution in [0.25, 0.3) is 0 Å². The number of carbonyl (C=O) groups excluding carboxylic acids is 3. The lowest BCUT2D eigenvalue weighted by atomic mass is 9.98. The zero-order chi connectivity index (χ0) is 31.2. The predicted molar refractivity (Wildman–Crippen MR) is 170 cm³/mol. The van der Waals surface area contributed by atoms with Crippen molar-refractivity contribution in [2.24, 2.45) is 0 Å². The largest absolute Gasteiger partial charge is 0.426 e. The highest BCUT2D eigenvalue weighted by Crippen LogP contribution is 2.32. The van der Waals surface area contributed by atoms with Gasteiger partial charge >= 0.3 is 6.09 Å². The van der Waals surface area contributed by atoms with Crippen LogP contribution in [0.3, 0.4) is 0 Å². The molecule has 3 amide bonds. The summed E-state index contributed by atoms with van der Waals surface area (Å²) in [4.78, 5) is 41.7. The van der Waals surface area contributed by atoms with Crippen LogP contribution in [0.5, 0.6) is 5.75 Å². The van der Waals surface area contributed by atoms with Gasteiger partial charge in [0, 0.05) is 18.2 Å². The fourth-order valence-corrected chi connectivity index (χ4v) is 5.45. The molecule has 0 bridgehead atoms. The molecule has 0 aliphatic rings. The molecule has 224 valence electrons. The minimum absolute atomic E-state index is 0.197. The van der Waals surface area contributed by atoms with Gasteiger partial charge in [0.15, 0.2) is 0 Å². The van der Waals surface area contributed by atoms with Crippen molar-refractivity contribution in [2.45, 2.75) is 79.7 Å². The number of rotatable bonds is 8. The van der Waals surface area contributed by atoms with Crippen LogP contribution < -0.4 is 4.74 Å². The SMILES string of the molecule is CCc1ccc(C(=O)N(SN(C)C(=O)Oc2ccccc2C(C)CC)N(C(=O)c2cc(C)cc(C)c2)C(C)(C)C)cc1. The van der Waals surface area contributed by atoms with Gasteiger partial charge in [0.1, 0.15) is 17.9 Å². The van der Waals surface area contributed by atoms with E-state index in [2.05, 4.69) is 13.8 Å². The van der Waals surface area contributed by atoms with Crippen molar-refractivity contribution in [2.75, 3.05) is 7.05 Å². The Morgan fingerprint density at radius 3 is 2.00 bits per heavy atom. The van der Waals surface area contributed by atoms with Gasteiger partial charge in [-0.25, -0.2) is 14.1 Å². The van der Waals surface area contributed by atoms with Gasteiger partial charge in [0.25, 0.3) is 11.8 Å². The van der Waals surface area contributed by atoms with Gasteiger partial charge in [0.2, 0.25) is 0 Å². The summed E-state index contributed by atoms with van der Waals surface area (Å²) in [6.45, 7) is 15.6. The molecule has 0 fully saturated rings. The maximum atomic E-state index is 14.2. The Labute approximate surface area is 255 Å². The van der Waals surface area contributed by atoms with Crippen LogP contribution in [0.4, 0.5) is 4.79 Å². The summed E-state index contributed by atoms with van der Waals surface area (Å²) in [6, 6.07) is 20.3. The highest BCUT2D eigenvalue weighted by Gasteiger charge is 2.39. The summed E-state index contributed by atoms with van der Waals surface area (Å²) in [5, 5.41) is 1.42. The van der Waals surface area contributed by atoms with E-state index in [1.807, 2.05) is 77.9 Å². The summed E-state index contributed by atoms with van der Waals surface area (Å²) < 4.78 is 8.32. The topological polar surface area (TPSA) is 70.2 Å². The Morgan fingerprint density at radius 1 is 0.857 bits per heavy atom. The number of carbonyl (C=O) groups is 3. The second-order valence-electron chi connectivity index (χ2n) is 11.6. The van der Waals surface area contributed by atoms with E-state index in [-0.39, 0.29) is 11.8 Å². The number of para-hydroxylation sites is 1. The van der Waals surface area contributed by atoms with Gasteiger partial charge in [0.05, 0.1) is 5.54 Å². The Balaban J connectivity index is 2.03. The van der Waals surface area contributed by atoms with E-state index in [4.69, 9.17) is 4.74 Å². The first-order valence-corrected chi connectivity index (χ1v) is 15.1. The molecule has 3 aromatic rings. The lowest BCUT2D eigenvalue weighted by molar-refractivity contribution is -0.00127. The lowest BCUT2D eigenvalue weighted by Gasteiger charge is -2.43. The number of hydrazine groups is 1. The number of ether oxygens (including phenoxy) is 1. The molecule has 42 heavy (non-hydrogen) atoms. The van der Waals surface area contributed by atoms with E-state index in [9.17, 15) is 14.4 Å². The lowest BCUT2D eigenvalue weighted by Crippen LogP contribution is -2.56. The highest BCUT2D eigenvalue weighted by atomic mass is 32.2. The van der Waals surface area contributed by atoms with Gasteiger partial charge in [-0.15, -0.1) is 0 Å². The smallest absolute Gasteiger partial charge is 0.409 e. The van der Waals surface area contributed by atoms with E-state index in [1.54, 1.807) is 30.3 Å². The summed E-state index contributed by atoms with van der Waals surface area (Å²) in [5.41, 5.74) is 3.92. The summed E-state index contributed by atoms with van der Waals surface area (Å²) >= 11 is 0.819. The molecule has 0 aromatic heterocycles. The van der Waals surface area contributed by atoms with Crippen LogP contribution in [0.15, 0.2) is 66.7 Å². The third-order valence-corrected chi connectivity index (χ3v) is 7.86. The van der Waals surface area contributed by atoms with Crippen molar-refractivity contribution >= 4 is 30.0 Å². The second-order valence-corrected chi connectivity index (χ2v) is 12.6. The molecule has 8 heteroatoms. The molecular weight excluding hydrogens is 546 g/mol. The maximum absolute atomic E-state index is 14.2. The van der Waals surface area contributed by atoms with E-state index in [0.717, 1.165) is 47.2 Å². The van der Waals surface area contributed by atoms with Crippen LogP contribution in [0.2, 0.25) is 0 Å². The Morgan fingerprint density at radius 2 is 1.45 bits per heavy atom. The molecule has 0 spiro atoms. The fourth-order valence-electron chi connectivity index (χ4n) is 4.55. The third-order valence-electron chi connectivity index (χ3n) is 6.98. The van der Waals surface area contributed by atoms with Gasteiger partial charge in [-0.2, -0.15) is 4.41 Å². The standard InChI is InChI=1S/C34H43N3O4S/c1-10-25(5)29-14-12-13-15-30(29)41-33(40)35(9)42-37(32(39)27-18-16-26(11-2)17-19-27)36(34(6,7)8)31(38)28-21-23(3)20-24(4)22-28/h12-22,25H,10-11H2,1-9H3. The number of nitrogens with zero attached hydrogens (tertiary/aromatic N) is 3. The molecule has 7 nitrogen and oxygen atoms in total. The quantitative estimate of drug-likeness (QED) is 0.195. The zero-order valence-electron chi connectivity index (χ0n) is 26.2. The number of hydrogen-bond acceptors (Lipinski definition) is 5. The molecule has 1 unspecified atom stereocenters. The van der Waals surface area contributed by atoms with Crippen molar-refractivity contribution in [3.8, 4) is 5.75 Å². The fraction of sp³-hybridized carbons (Fsp3) is 0.382. The highest BCUT2D eigenvalue weighted by molar-refractivity contribution is 7.95. The van der Waals surface area contributed by atoms with Crippen molar-refractivity contribution in [3.05, 3.63) is 100 Å². The number of benzene rings is 3. The first-order chi connectivity index (χ1) is 19.8. The van der Waals surface area contributed by atoms with Crippen LogP contribution in [-0.2, 0) is 6.42 Å². The molecule has 0 aliphatic heterocycles. The monoisotopic (exact) mass is 589 g/mol. The molecule has 0 radical (unpaired) electrons. The molecule has 0 saturated heterocycles. The van der Waals surface area contributed by atoms with Crippen molar-refractivity contribution in [1.82, 2.24) is 13.7 Å². The molecule has 0 N–H and O–H groups in total. The van der Waals surface area contributed by atoms with Gasteiger partial charge < -0.3 is 4.74 Å². The van der Waals surface area contributed by atoms with E-state index < -0.39 is 17.5 Å². The number of aryl methyl sites for hydroxylation is 3. The van der Waals surface area contributed by atoms with Crippen LogP contribution >= 0.6 is 12.1 Å². The Kier molecular flexibility index (Phi) is 10.9. The number of hydrogen-bond donors (Lipinski definition) is 0. The molecule has 0 heterocycles. The van der Waals surface area contributed by atoms with Crippen molar-refractivity contribution in [3.63, 3.8) is 0 Å². The summed E-state index contributed by atoms with van der Waals surface area (Å²) in [7, 11) is 1.53. The van der Waals surface area contributed by atoms with Gasteiger partial charge in [-0.1, -0.05) is 68.3 Å². The normalized spacial score (nSPS) is 11.9. The first-order valence-electron chi connectivity index (χ1n) is 14.4. The second kappa shape index (κ2) is 13.9. The minimum atomic E-state index is -0.825. The molecule has 3 aromatic carbocycles. The van der Waals surface area contributed by atoms with Gasteiger partial charge in [-0.05, 0) is 94.8 Å². The molecule has 1 atom stereocenters.